The molecule has 2 fully saturated rings. The third-order valence-corrected chi connectivity index (χ3v) is 11.7. The topological polar surface area (TPSA) is 80.3 Å². The lowest BCUT2D eigenvalue weighted by molar-refractivity contribution is -0.327. The molecule has 2 rings (SSSR count). The highest BCUT2D eigenvalue weighted by Gasteiger charge is 2.55. The minimum atomic E-state index is -0.984. The van der Waals surface area contributed by atoms with Crippen molar-refractivity contribution in [3.8, 4) is 0 Å². The number of carbonyl (C=O) groups excluding carboxylic acids is 2. The summed E-state index contributed by atoms with van der Waals surface area (Å²) in [6, 6.07) is 0. The molecule has 0 N–H and O–H groups in total. The second-order valence-corrected chi connectivity index (χ2v) is 19.9. The molecule has 6 heteroatoms. The van der Waals surface area contributed by atoms with Gasteiger partial charge in [-0.25, -0.2) is 0 Å². The molecule has 0 atom stereocenters. The summed E-state index contributed by atoms with van der Waals surface area (Å²) < 4.78 is 0. The lowest BCUT2D eigenvalue weighted by Gasteiger charge is -2.59. The molecular weight excluding hydrogens is 462 g/mol. The maximum Gasteiger partial charge on any atom is 0.0481 e. The second-order valence-electron chi connectivity index (χ2n) is 14.0. The van der Waals surface area contributed by atoms with Crippen LogP contribution in [0.15, 0.2) is 0 Å². The van der Waals surface area contributed by atoms with Gasteiger partial charge in [0, 0.05) is 17.4 Å². The molecule has 0 saturated carbocycles. The van der Waals surface area contributed by atoms with E-state index in [0.29, 0.717) is 12.8 Å². The van der Waals surface area contributed by atoms with Crippen molar-refractivity contribution in [2.45, 2.75) is 147 Å². The SMILES string of the molecule is CC1(C)CC(C(CCCCCCCC(=O)[O-])(C(=O)[O-])C2CC(C)(C)PC(C)(C)C2)CC(C)(C)P1. The molecule has 0 unspecified atom stereocenters. The van der Waals surface area contributed by atoms with Gasteiger partial charge in [0.15, 0.2) is 0 Å². The van der Waals surface area contributed by atoms with E-state index in [-0.39, 0.29) is 38.9 Å². The minimum Gasteiger partial charge on any atom is -0.550 e. The standard InChI is InChI=1S/C28H52O4P2/c1-24(2)16-20(17-25(3,4)33-24)28(23(31)32,15-13-11-9-10-12-14-22(29)30)21-18-26(5,6)34-27(7,8)19-21/h20-21,33-34H,9-19H2,1-8H3,(H,29,30)(H,31,32)/p-2. The predicted molar refractivity (Wildman–Crippen MR) is 143 cm³/mol. The molecule has 0 aromatic heterocycles. The molecule has 0 amide bonds. The van der Waals surface area contributed by atoms with E-state index < -0.39 is 17.4 Å². The molecule has 2 aliphatic heterocycles. The predicted octanol–water partition coefficient (Wildman–Crippen LogP) is 5.49. The summed E-state index contributed by atoms with van der Waals surface area (Å²) in [6.45, 7) is 18.6. The Morgan fingerprint density at radius 1 is 0.676 bits per heavy atom. The smallest absolute Gasteiger partial charge is 0.0481 e. The van der Waals surface area contributed by atoms with Crippen LogP contribution in [0, 0.1) is 17.3 Å². The van der Waals surface area contributed by atoms with Crippen LogP contribution in [0.4, 0.5) is 0 Å². The van der Waals surface area contributed by atoms with Crippen molar-refractivity contribution >= 4 is 29.1 Å². The van der Waals surface area contributed by atoms with Gasteiger partial charge in [-0.05, 0) is 77.4 Å². The normalized spacial score (nSPS) is 30.6. The first-order valence-electron chi connectivity index (χ1n) is 13.4. The monoisotopic (exact) mass is 512 g/mol. The van der Waals surface area contributed by atoms with Crippen molar-refractivity contribution in [2.24, 2.45) is 17.3 Å². The molecule has 2 saturated heterocycles. The number of carboxylic acid groups (broad SMARTS) is 2. The van der Waals surface area contributed by atoms with Crippen LogP contribution in [0.2, 0.25) is 0 Å². The van der Waals surface area contributed by atoms with Crippen molar-refractivity contribution < 1.29 is 19.8 Å². The Bertz CT molecular complexity index is 656. The van der Waals surface area contributed by atoms with Gasteiger partial charge in [-0.3, -0.25) is 0 Å². The number of unbranched alkanes of at least 4 members (excludes halogenated alkanes) is 4. The van der Waals surface area contributed by atoms with E-state index in [4.69, 9.17) is 0 Å². The van der Waals surface area contributed by atoms with Crippen molar-refractivity contribution in [3.63, 3.8) is 0 Å². The Balaban J connectivity index is 2.34. The van der Waals surface area contributed by atoms with E-state index in [1.165, 1.54) is 0 Å². The number of carbonyl (C=O) groups is 2. The molecule has 2 heterocycles. The van der Waals surface area contributed by atoms with Gasteiger partial charge >= 0.3 is 0 Å². The Morgan fingerprint density at radius 2 is 1.03 bits per heavy atom. The van der Waals surface area contributed by atoms with Gasteiger partial charge in [-0.15, -0.1) is 17.2 Å². The number of hydrogen-bond acceptors (Lipinski definition) is 4. The molecule has 198 valence electrons. The van der Waals surface area contributed by atoms with E-state index in [1.807, 2.05) is 0 Å². The summed E-state index contributed by atoms with van der Waals surface area (Å²) in [4.78, 5) is 24.0. The zero-order valence-electron chi connectivity index (χ0n) is 23.1. The van der Waals surface area contributed by atoms with Crippen LogP contribution >= 0.6 is 17.2 Å². The molecule has 0 radical (unpaired) electrons. The summed E-state index contributed by atoms with van der Waals surface area (Å²) in [5, 5.41) is 24.6. The van der Waals surface area contributed by atoms with Gasteiger partial charge in [-0.1, -0.05) is 81.1 Å². The maximum absolute atomic E-state index is 13.3. The average Bonchev–Trinajstić information content (AvgIpc) is 2.58. The summed E-state index contributed by atoms with van der Waals surface area (Å²) >= 11 is 0. The Kier molecular flexibility index (Phi) is 9.75. The highest BCUT2D eigenvalue weighted by Crippen LogP contribution is 2.65. The second kappa shape index (κ2) is 11.0. The fourth-order valence-electron chi connectivity index (χ4n) is 7.77. The maximum atomic E-state index is 13.3. The van der Waals surface area contributed by atoms with Crippen LogP contribution in [-0.2, 0) is 9.59 Å². The molecule has 0 aromatic carbocycles. The summed E-state index contributed by atoms with van der Waals surface area (Å²) in [5.74, 6) is -1.52. The lowest BCUT2D eigenvalue weighted by Crippen LogP contribution is -2.58. The highest BCUT2D eigenvalue weighted by atomic mass is 31.1. The molecule has 34 heavy (non-hydrogen) atoms. The Morgan fingerprint density at radius 3 is 1.38 bits per heavy atom. The van der Waals surface area contributed by atoms with Crippen LogP contribution in [-0.4, -0.2) is 32.6 Å². The van der Waals surface area contributed by atoms with Gasteiger partial charge in [0.25, 0.3) is 0 Å². The van der Waals surface area contributed by atoms with Crippen molar-refractivity contribution in [2.75, 3.05) is 0 Å². The summed E-state index contributed by atoms with van der Waals surface area (Å²) in [6.07, 6.45) is 8.95. The van der Waals surface area contributed by atoms with Crippen LogP contribution < -0.4 is 10.2 Å². The number of hydrogen-bond donors (Lipinski definition) is 0. The van der Waals surface area contributed by atoms with Gasteiger partial charge in [-0.2, -0.15) is 0 Å². The van der Waals surface area contributed by atoms with E-state index >= 15 is 0 Å². The summed E-state index contributed by atoms with van der Waals surface area (Å²) in [5.41, 5.74) is -0.788. The zero-order valence-corrected chi connectivity index (χ0v) is 25.1. The zero-order chi connectivity index (χ0) is 26.0. The van der Waals surface area contributed by atoms with E-state index in [0.717, 1.165) is 68.5 Å². The third kappa shape index (κ3) is 8.16. The molecule has 0 bridgehead atoms. The van der Waals surface area contributed by atoms with Crippen LogP contribution in [0.1, 0.15) is 126 Å². The van der Waals surface area contributed by atoms with Gasteiger partial charge in [0.1, 0.15) is 0 Å². The molecule has 4 nitrogen and oxygen atoms in total. The molecule has 2 aliphatic rings. The largest absolute Gasteiger partial charge is 0.550 e. The quantitative estimate of drug-likeness (QED) is 0.271. The van der Waals surface area contributed by atoms with Crippen LogP contribution in [0.3, 0.4) is 0 Å². The Labute approximate surface area is 212 Å². The first-order chi connectivity index (χ1) is 15.4. The fourth-order valence-corrected chi connectivity index (χ4v) is 12.8. The van der Waals surface area contributed by atoms with Gasteiger partial charge in [0.05, 0.1) is 0 Å². The average molecular weight is 513 g/mol. The fraction of sp³-hybridized carbons (Fsp3) is 0.929. The minimum absolute atomic E-state index is 0.114. The van der Waals surface area contributed by atoms with Crippen molar-refractivity contribution in [1.82, 2.24) is 0 Å². The van der Waals surface area contributed by atoms with Crippen molar-refractivity contribution in [1.29, 1.82) is 0 Å². The Hall–Kier alpha value is -0.200. The van der Waals surface area contributed by atoms with E-state index in [9.17, 15) is 19.8 Å². The number of aliphatic carboxylic acids is 2. The summed E-state index contributed by atoms with van der Waals surface area (Å²) in [7, 11) is 1.67. The highest BCUT2D eigenvalue weighted by molar-refractivity contribution is 7.42. The van der Waals surface area contributed by atoms with E-state index in [1.54, 1.807) is 0 Å². The first-order valence-corrected chi connectivity index (χ1v) is 15.4. The van der Waals surface area contributed by atoms with Gasteiger partial charge in [0.2, 0.25) is 0 Å². The first kappa shape index (κ1) is 30.0. The number of carboxylic acids is 2. The number of rotatable bonds is 11. The van der Waals surface area contributed by atoms with Crippen LogP contribution in [0.25, 0.3) is 0 Å². The van der Waals surface area contributed by atoms with E-state index in [2.05, 4.69) is 55.4 Å². The van der Waals surface area contributed by atoms with Gasteiger partial charge < -0.3 is 19.8 Å². The third-order valence-electron chi connectivity index (χ3n) is 8.19. The molecular formula is C28H50O4P2-2. The van der Waals surface area contributed by atoms with Crippen molar-refractivity contribution in [3.05, 3.63) is 0 Å². The lowest BCUT2D eigenvalue weighted by atomic mass is 9.56. The molecule has 0 spiro atoms. The molecule has 0 aliphatic carbocycles. The molecule has 0 aromatic rings. The van der Waals surface area contributed by atoms with Crippen LogP contribution in [0.5, 0.6) is 0 Å².